The lowest BCUT2D eigenvalue weighted by molar-refractivity contribution is 0.211. The molecule has 5 aromatic rings. The standard InChI is InChI=1S/C32H27FN8O/c33-24-3-1-2-23(16-24)31-30(39-32-26-18-35-12-8-27(26)42-20-41(31)32)22-6-4-21(5-7-22)19-40-14-10-25(11-15-40)37-28-9-13-36-29(17-34)38-28/h1-9,12-13,16,18,25H,10-11,14-15,19-20H2,(H,36,37,38). The van der Waals surface area contributed by atoms with Crippen molar-refractivity contribution in [3.63, 3.8) is 0 Å². The van der Waals surface area contributed by atoms with Gasteiger partial charge >= 0.3 is 0 Å². The van der Waals surface area contributed by atoms with Crippen LogP contribution in [-0.4, -0.2) is 48.5 Å². The molecule has 0 radical (unpaired) electrons. The summed E-state index contributed by atoms with van der Waals surface area (Å²) in [6.07, 6.45) is 7.04. The van der Waals surface area contributed by atoms with Crippen LogP contribution in [0.1, 0.15) is 24.2 Å². The molecule has 10 heteroatoms. The van der Waals surface area contributed by atoms with E-state index in [4.69, 9.17) is 15.0 Å². The fourth-order valence-corrected chi connectivity index (χ4v) is 5.69. The molecule has 0 spiro atoms. The number of piperidine rings is 1. The van der Waals surface area contributed by atoms with Crippen molar-refractivity contribution >= 4 is 5.82 Å². The van der Waals surface area contributed by atoms with E-state index in [0.717, 1.165) is 72.1 Å². The van der Waals surface area contributed by atoms with Crippen molar-refractivity contribution in [1.29, 1.82) is 5.26 Å². The minimum absolute atomic E-state index is 0.176. The summed E-state index contributed by atoms with van der Waals surface area (Å²) in [4.78, 5) is 19.9. The van der Waals surface area contributed by atoms with Crippen molar-refractivity contribution in [3.05, 3.63) is 96.5 Å². The Kier molecular flexibility index (Phi) is 6.78. The summed E-state index contributed by atoms with van der Waals surface area (Å²) in [5.41, 5.74) is 5.31. The van der Waals surface area contributed by atoms with Crippen LogP contribution in [0.2, 0.25) is 0 Å². The van der Waals surface area contributed by atoms with E-state index in [1.165, 1.54) is 17.7 Å². The van der Waals surface area contributed by atoms with E-state index in [9.17, 15) is 4.39 Å². The number of anilines is 1. The van der Waals surface area contributed by atoms with Crippen molar-refractivity contribution in [2.45, 2.75) is 32.2 Å². The molecule has 2 aliphatic rings. The molecule has 1 N–H and O–H groups in total. The highest BCUT2D eigenvalue weighted by Crippen LogP contribution is 2.41. The number of aromatic nitrogens is 5. The maximum Gasteiger partial charge on any atom is 0.234 e. The second-order valence-electron chi connectivity index (χ2n) is 10.5. The second kappa shape index (κ2) is 11.0. The first-order valence-corrected chi connectivity index (χ1v) is 13.9. The molecule has 3 aromatic heterocycles. The number of fused-ring (bicyclic) bond motifs is 3. The molecule has 0 saturated carbocycles. The normalized spacial score (nSPS) is 14.9. The van der Waals surface area contributed by atoms with E-state index in [1.54, 1.807) is 30.7 Å². The second-order valence-corrected chi connectivity index (χ2v) is 10.5. The Morgan fingerprint density at radius 1 is 1.00 bits per heavy atom. The van der Waals surface area contributed by atoms with Crippen LogP contribution in [0.15, 0.2) is 79.3 Å². The van der Waals surface area contributed by atoms with E-state index in [-0.39, 0.29) is 18.4 Å². The summed E-state index contributed by atoms with van der Waals surface area (Å²) in [5, 5.41) is 12.5. The Labute approximate surface area is 242 Å². The zero-order valence-electron chi connectivity index (χ0n) is 22.7. The van der Waals surface area contributed by atoms with Crippen molar-refractivity contribution in [2.24, 2.45) is 0 Å². The molecule has 2 aliphatic heterocycles. The number of ether oxygens (including phenoxy) is 1. The quantitative estimate of drug-likeness (QED) is 0.291. The number of nitrogens with one attached hydrogen (secondary N) is 1. The monoisotopic (exact) mass is 558 g/mol. The number of rotatable bonds is 6. The molecule has 0 atom stereocenters. The minimum Gasteiger partial charge on any atom is -0.472 e. The van der Waals surface area contributed by atoms with Gasteiger partial charge in [-0.1, -0.05) is 36.4 Å². The Morgan fingerprint density at radius 3 is 2.67 bits per heavy atom. The first-order chi connectivity index (χ1) is 20.6. The van der Waals surface area contributed by atoms with Gasteiger partial charge in [-0.05, 0) is 42.7 Å². The summed E-state index contributed by atoms with van der Waals surface area (Å²) in [7, 11) is 0. The van der Waals surface area contributed by atoms with Gasteiger partial charge in [0.2, 0.25) is 5.82 Å². The smallest absolute Gasteiger partial charge is 0.234 e. The van der Waals surface area contributed by atoms with E-state index >= 15 is 0 Å². The lowest BCUT2D eigenvalue weighted by Gasteiger charge is -2.32. The van der Waals surface area contributed by atoms with Gasteiger partial charge in [-0.2, -0.15) is 5.26 Å². The van der Waals surface area contributed by atoms with Crippen LogP contribution in [0.3, 0.4) is 0 Å². The highest BCUT2D eigenvalue weighted by Gasteiger charge is 2.27. The predicted molar refractivity (Wildman–Crippen MR) is 156 cm³/mol. The molecule has 0 aliphatic carbocycles. The third-order valence-corrected chi connectivity index (χ3v) is 7.77. The van der Waals surface area contributed by atoms with Crippen LogP contribution in [0.5, 0.6) is 5.75 Å². The molecule has 9 nitrogen and oxygen atoms in total. The average Bonchev–Trinajstić information content (AvgIpc) is 3.43. The van der Waals surface area contributed by atoms with Gasteiger partial charge in [-0.25, -0.2) is 19.3 Å². The number of likely N-dealkylation sites (tertiary alicyclic amines) is 1. The summed E-state index contributed by atoms with van der Waals surface area (Å²) in [5.74, 6) is 2.06. The lowest BCUT2D eigenvalue weighted by atomic mass is 10.0. The predicted octanol–water partition coefficient (Wildman–Crippen LogP) is 5.51. The first kappa shape index (κ1) is 25.8. The molecule has 2 aromatic carbocycles. The van der Waals surface area contributed by atoms with Gasteiger partial charge in [0.25, 0.3) is 0 Å². The number of nitrogens with zero attached hydrogens (tertiary/aromatic N) is 7. The van der Waals surface area contributed by atoms with Gasteiger partial charge in [0.15, 0.2) is 6.73 Å². The molecular weight excluding hydrogens is 531 g/mol. The van der Waals surface area contributed by atoms with Crippen molar-refractivity contribution in [1.82, 2.24) is 29.4 Å². The number of halogens is 1. The first-order valence-electron chi connectivity index (χ1n) is 13.9. The van der Waals surface area contributed by atoms with E-state index in [2.05, 4.69) is 49.4 Å². The van der Waals surface area contributed by atoms with Crippen LogP contribution >= 0.6 is 0 Å². The topological polar surface area (TPSA) is 105 Å². The van der Waals surface area contributed by atoms with Crippen LogP contribution in [0, 0.1) is 17.1 Å². The maximum atomic E-state index is 14.3. The molecule has 7 rings (SSSR count). The Balaban J connectivity index is 1.09. The summed E-state index contributed by atoms with van der Waals surface area (Å²) < 4.78 is 22.3. The summed E-state index contributed by atoms with van der Waals surface area (Å²) in [6.45, 7) is 3.05. The zero-order valence-corrected chi connectivity index (χ0v) is 22.7. The lowest BCUT2D eigenvalue weighted by Crippen LogP contribution is -2.38. The fraction of sp³-hybridized carbons (Fsp3) is 0.219. The van der Waals surface area contributed by atoms with Crippen LogP contribution in [0.4, 0.5) is 10.2 Å². The SMILES string of the molecule is N#Cc1nccc(NC2CCN(Cc3ccc(-c4nc5n(c4-c4cccc(F)c4)COc4ccncc4-5)cc3)CC2)n1. The van der Waals surface area contributed by atoms with Gasteiger partial charge in [0.05, 0.1) is 17.0 Å². The number of hydrogen-bond donors (Lipinski definition) is 1. The van der Waals surface area contributed by atoms with Gasteiger partial charge in [-0.15, -0.1) is 0 Å². The van der Waals surface area contributed by atoms with E-state index in [0.29, 0.717) is 11.9 Å². The number of nitriles is 1. The summed E-state index contributed by atoms with van der Waals surface area (Å²) in [6, 6.07) is 21.0. The third-order valence-electron chi connectivity index (χ3n) is 7.77. The molecule has 1 fully saturated rings. The summed E-state index contributed by atoms with van der Waals surface area (Å²) >= 11 is 0. The van der Waals surface area contributed by atoms with Gasteiger partial charge in [0.1, 0.15) is 29.3 Å². The van der Waals surface area contributed by atoms with Crippen LogP contribution in [0.25, 0.3) is 33.9 Å². The minimum atomic E-state index is -0.300. The third kappa shape index (κ3) is 5.06. The number of pyridine rings is 1. The molecule has 0 bridgehead atoms. The van der Waals surface area contributed by atoms with Gasteiger partial charge in [0, 0.05) is 55.4 Å². The number of imidazole rings is 1. The van der Waals surface area contributed by atoms with Crippen molar-refractivity contribution in [3.8, 4) is 45.7 Å². The van der Waals surface area contributed by atoms with Gasteiger partial charge < -0.3 is 10.1 Å². The highest BCUT2D eigenvalue weighted by molar-refractivity contribution is 5.83. The zero-order chi connectivity index (χ0) is 28.5. The van der Waals surface area contributed by atoms with Crippen molar-refractivity contribution in [2.75, 3.05) is 18.4 Å². The molecule has 208 valence electrons. The Morgan fingerprint density at radius 2 is 1.86 bits per heavy atom. The van der Waals surface area contributed by atoms with E-state index < -0.39 is 0 Å². The maximum absolute atomic E-state index is 14.3. The Hall–Kier alpha value is -5.14. The average molecular weight is 559 g/mol. The molecular formula is C32H27FN8O. The molecule has 5 heterocycles. The number of hydrogen-bond acceptors (Lipinski definition) is 8. The molecule has 0 unspecified atom stereocenters. The highest BCUT2D eigenvalue weighted by atomic mass is 19.1. The number of benzene rings is 2. The molecule has 42 heavy (non-hydrogen) atoms. The van der Waals surface area contributed by atoms with Gasteiger partial charge in [-0.3, -0.25) is 14.5 Å². The molecule has 0 amide bonds. The van der Waals surface area contributed by atoms with Crippen LogP contribution < -0.4 is 10.1 Å². The largest absolute Gasteiger partial charge is 0.472 e. The van der Waals surface area contributed by atoms with Crippen LogP contribution in [-0.2, 0) is 13.3 Å². The molecule has 1 saturated heterocycles. The van der Waals surface area contributed by atoms with E-state index in [1.807, 2.05) is 22.8 Å². The fourth-order valence-electron chi connectivity index (χ4n) is 5.69. The van der Waals surface area contributed by atoms with Crippen molar-refractivity contribution < 1.29 is 9.13 Å². The Bertz CT molecular complexity index is 1790.